The van der Waals surface area contributed by atoms with Crippen LogP contribution in [0.3, 0.4) is 0 Å². The summed E-state index contributed by atoms with van der Waals surface area (Å²) in [5, 5.41) is 9.35. The summed E-state index contributed by atoms with van der Waals surface area (Å²) < 4.78 is 6.00. The fourth-order valence-corrected chi connectivity index (χ4v) is 5.41. The summed E-state index contributed by atoms with van der Waals surface area (Å²) in [6, 6.07) is 4.71. The summed E-state index contributed by atoms with van der Waals surface area (Å²) in [5.41, 5.74) is 0.564. The molecule has 0 spiro atoms. The lowest BCUT2D eigenvalue weighted by molar-refractivity contribution is 0.0696. The number of rotatable bonds is 4. The molecule has 112 valence electrons. The highest BCUT2D eigenvalue weighted by atomic mass is 35.5. The van der Waals surface area contributed by atoms with E-state index in [0.29, 0.717) is 16.2 Å². The van der Waals surface area contributed by atoms with Gasteiger partial charge in [-0.25, -0.2) is 4.79 Å². The lowest BCUT2D eigenvalue weighted by Gasteiger charge is -2.32. The Balaban J connectivity index is 1.49. The average molecular weight is 307 g/mol. The zero-order valence-electron chi connectivity index (χ0n) is 11.8. The van der Waals surface area contributed by atoms with Crippen molar-refractivity contribution in [3.63, 3.8) is 0 Å². The molecule has 4 aliphatic carbocycles. The first-order valence-corrected chi connectivity index (χ1v) is 8.09. The van der Waals surface area contributed by atoms with Crippen LogP contribution in [0.2, 0.25) is 5.02 Å². The molecular weight excluding hydrogens is 288 g/mol. The fourth-order valence-electron chi connectivity index (χ4n) is 5.17. The van der Waals surface area contributed by atoms with Gasteiger partial charge in [-0.1, -0.05) is 11.6 Å². The molecule has 5 rings (SSSR count). The van der Waals surface area contributed by atoms with Gasteiger partial charge in [0.2, 0.25) is 0 Å². The van der Waals surface area contributed by atoms with E-state index in [-0.39, 0.29) is 5.56 Å². The minimum absolute atomic E-state index is 0.200. The quantitative estimate of drug-likeness (QED) is 0.905. The third kappa shape index (κ3) is 2.13. The summed E-state index contributed by atoms with van der Waals surface area (Å²) in [4.78, 5) is 10.9. The molecule has 0 amide bonds. The molecule has 4 heteroatoms. The third-order valence-corrected chi connectivity index (χ3v) is 6.15. The molecule has 2 atom stereocenters. The molecule has 4 saturated carbocycles. The lowest BCUT2D eigenvalue weighted by atomic mass is 9.76. The van der Waals surface area contributed by atoms with E-state index in [9.17, 15) is 4.79 Å². The first-order chi connectivity index (χ1) is 10.1. The predicted octanol–water partition coefficient (Wildman–Crippen LogP) is 4.24. The van der Waals surface area contributed by atoms with Crippen LogP contribution in [0, 0.1) is 23.2 Å². The van der Waals surface area contributed by atoms with E-state index < -0.39 is 5.97 Å². The number of carboxylic acids is 1. The Morgan fingerprint density at radius 1 is 1.29 bits per heavy atom. The van der Waals surface area contributed by atoms with Crippen molar-refractivity contribution in [2.45, 2.75) is 32.1 Å². The predicted molar refractivity (Wildman–Crippen MR) is 79.9 cm³/mol. The monoisotopic (exact) mass is 306 g/mol. The van der Waals surface area contributed by atoms with Crippen LogP contribution in [-0.2, 0) is 0 Å². The maximum Gasteiger partial charge on any atom is 0.335 e. The minimum Gasteiger partial charge on any atom is -0.491 e. The van der Waals surface area contributed by atoms with Crippen molar-refractivity contribution in [1.29, 1.82) is 0 Å². The topological polar surface area (TPSA) is 46.5 Å². The van der Waals surface area contributed by atoms with Gasteiger partial charge in [0, 0.05) is 5.41 Å². The Morgan fingerprint density at radius 3 is 2.62 bits per heavy atom. The molecule has 1 aromatic carbocycles. The second kappa shape index (κ2) is 4.64. The summed E-state index contributed by atoms with van der Waals surface area (Å²) in [5.74, 6) is 2.31. The Kier molecular flexibility index (Phi) is 2.97. The van der Waals surface area contributed by atoms with Gasteiger partial charge in [-0.2, -0.15) is 0 Å². The fraction of sp³-hybridized carbons (Fsp3) is 0.588. The normalized spacial score (nSPS) is 36.1. The molecule has 1 aromatic rings. The molecule has 0 aliphatic heterocycles. The number of halogens is 1. The standard InChI is InChI=1S/C17H19ClO3/c18-14-6-12(16(19)20)1-2-15(14)21-9-17-7-10-3-11(8-17)5-13(17)4-10/h1-2,6,10-11,13H,3-5,7-9H2,(H,19,20). The Labute approximate surface area is 129 Å². The van der Waals surface area contributed by atoms with Gasteiger partial charge in [-0.3, -0.25) is 0 Å². The molecule has 4 aliphatic rings. The first kappa shape index (κ1) is 13.4. The van der Waals surface area contributed by atoms with Crippen LogP contribution >= 0.6 is 11.6 Å². The first-order valence-electron chi connectivity index (χ1n) is 7.71. The number of ether oxygens (including phenoxy) is 1. The van der Waals surface area contributed by atoms with Crippen molar-refractivity contribution in [3.8, 4) is 5.75 Å². The van der Waals surface area contributed by atoms with Crippen LogP contribution < -0.4 is 4.74 Å². The average Bonchev–Trinajstić information content (AvgIpc) is 2.82. The maximum atomic E-state index is 10.9. The second-order valence-corrected chi connectivity index (χ2v) is 7.55. The van der Waals surface area contributed by atoms with Crippen LogP contribution in [-0.4, -0.2) is 17.7 Å². The highest BCUT2D eigenvalue weighted by Crippen LogP contribution is 2.65. The zero-order chi connectivity index (χ0) is 14.6. The summed E-state index contributed by atoms with van der Waals surface area (Å²) >= 11 is 6.15. The van der Waals surface area contributed by atoms with E-state index in [0.717, 1.165) is 24.4 Å². The SMILES string of the molecule is O=C(O)c1ccc(OCC23CC4CC(CC2C4)C3)c(Cl)c1. The van der Waals surface area contributed by atoms with Gasteiger partial charge in [-0.05, 0) is 68.1 Å². The van der Waals surface area contributed by atoms with Gasteiger partial charge in [-0.15, -0.1) is 0 Å². The van der Waals surface area contributed by atoms with Crippen LogP contribution in [0.4, 0.5) is 0 Å². The molecule has 21 heavy (non-hydrogen) atoms. The van der Waals surface area contributed by atoms with Gasteiger partial charge in [0.05, 0.1) is 17.2 Å². The van der Waals surface area contributed by atoms with E-state index in [4.69, 9.17) is 21.4 Å². The minimum atomic E-state index is -0.964. The molecule has 0 saturated heterocycles. The molecule has 1 N–H and O–H groups in total. The van der Waals surface area contributed by atoms with Crippen LogP contribution in [0.1, 0.15) is 42.5 Å². The number of hydrogen-bond acceptors (Lipinski definition) is 2. The molecular formula is C17H19ClO3. The smallest absolute Gasteiger partial charge is 0.335 e. The second-order valence-electron chi connectivity index (χ2n) is 7.15. The number of hydrogen-bond donors (Lipinski definition) is 1. The van der Waals surface area contributed by atoms with Crippen LogP contribution in [0.25, 0.3) is 0 Å². The van der Waals surface area contributed by atoms with E-state index in [2.05, 4.69) is 0 Å². The molecule has 3 nitrogen and oxygen atoms in total. The van der Waals surface area contributed by atoms with Gasteiger partial charge in [0.25, 0.3) is 0 Å². The highest BCUT2D eigenvalue weighted by Gasteiger charge is 2.57. The molecule has 0 heterocycles. The van der Waals surface area contributed by atoms with E-state index in [1.165, 1.54) is 38.2 Å². The van der Waals surface area contributed by atoms with Crippen LogP contribution in [0.15, 0.2) is 18.2 Å². The highest BCUT2D eigenvalue weighted by molar-refractivity contribution is 6.32. The molecule has 0 aromatic heterocycles. The van der Waals surface area contributed by atoms with Gasteiger partial charge in [0.15, 0.2) is 0 Å². The number of aromatic carboxylic acids is 1. The Bertz CT molecular complexity index is 584. The molecule has 4 fully saturated rings. The molecule has 4 bridgehead atoms. The Morgan fingerprint density at radius 2 is 2.00 bits per heavy atom. The van der Waals surface area contributed by atoms with Crippen molar-refractivity contribution in [2.75, 3.05) is 6.61 Å². The van der Waals surface area contributed by atoms with Crippen molar-refractivity contribution in [2.24, 2.45) is 23.2 Å². The number of benzene rings is 1. The Hall–Kier alpha value is -1.22. The molecule has 2 unspecified atom stereocenters. The van der Waals surface area contributed by atoms with Crippen molar-refractivity contribution < 1.29 is 14.6 Å². The van der Waals surface area contributed by atoms with Gasteiger partial charge in [0.1, 0.15) is 5.75 Å². The maximum absolute atomic E-state index is 10.9. The van der Waals surface area contributed by atoms with Crippen LogP contribution in [0.5, 0.6) is 5.75 Å². The lowest BCUT2D eigenvalue weighted by Crippen LogP contribution is -2.30. The number of carboxylic acid groups (broad SMARTS) is 1. The van der Waals surface area contributed by atoms with Crippen molar-refractivity contribution >= 4 is 17.6 Å². The zero-order valence-corrected chi connectivity index (χ0v) is 12.6. The largest absolute Gasteiger partial charge is 0.491 e. The van der Waals surface area contributed by atoms with E-state index >= 15 is 0 Å². The number of carbonyl (C=O) groups is 1. The van der Waals surface area contributed by atoms with E-state index in [1.807, 2.05) is 0 Å². The summed E-state index contributed by atoms with van der Waals surface area (Å²) in [6.07, 6.45) is 6.79. The third-order valence-electron chi connectivity index (χ3n) is 5.85. The van der Waals surface area contributed by atoms with Crippen molar-refractivity contribution in [1.82, 2.24) is 0 Å². The molecule has 0 radical (unpaired) electrons. The van der Waals surface area contributed by atoms with Gasteiger partial charge < -0.3 is 9.84 Å². The summed E-state index contributed by atoms with van der Waals surface area (Å²) in [6.45, 7) is 0.733. The van der Waals surface area contributed by atoms with E-state index in [1.54, 1.807) is 12.1 Å². The summed E-state index contributed by atoms with van der Waals surface area (Å²) in [7, 11) is 0. The van der Waals surface area contributed by atoms with Crippen molar-refractivity contribution in [3.05, 3.63) is 28.8 Å². The van der Waals surface area contributed by atoms with Gasteiger partial charge >= 0.3 is 5.97 Å².